The summed E-state index contributed by atoms with van der Waals surface area (Å²) in [4.78, 5) is 6.81. The van der Waals surface area contributed by atoms with Gasteiger partial charge in [-0.2, -0.15) is 0 Å². The summed E-state index contributed by atoms with van der Waals surface area (Å²) in [6.07, 6.45) is 1.04. The lowest BCUT2D eigenvalue weighted by Gasteiger charge is -2.28. The van der Waals surface area contributed by atoms with Gasteiger partial charge in [0.05, 0.1) is 27.0 Å². The van der Waals surface area contributed by atoms with Crippen LogP contribution in [0.25, 0.3) is 0 Å². The van der Waals surface area contributed by atoms with Crippen LogP contribution >= 0.6 is 0 Å². The smallest absolute Gasteiger partial charge is 0.191 e. The lowest BCUT2D eigenvalue weighted by molar-refractivity contribution is 0.353. The maximum atomic E-state index is 5.53. The number of nitrogens with zero attached hydrogens (tertiary/aromatic N) is 2. The zero-order chi connectivity index (χ0) is 23.1. The minimum atomic E-state index is -0.129. The highest BCUT2D eigenvalue weighted by Crippen LogP contribution is 2.33. The quantitative estimate of drug-likeness (QED) is 0.484. The monoisotopic (exact) mass is 440 g/mol. The van der Waals surface area contributed by atoms with E-state index in [1.54, 1.807) is 21.3 Å². The van der Waals surface area contributed by atoms with Crippen LogP contribution in [0, 0.1) is 0 Å². The highest BCUT2D eigenvalue weighted by atomic mass is 16.5. The predicted molar refractivity (Wildman–Crippen MR) is 131 cm³/mol. The molecule has 1 aliphatic rings. The van der Waals surface area contributed by atoms with Crippen molar-refractivity contribution in [3.8, 4) is 17.2 Å². The maximum Gasteiger partial charge on any atom is 0.191 e. The molecule has 1 heterocycles. The predicted octanol–water partition coefficient (Wildman–Crippen LogP) is 3.43. The van der Waals surface area contributed by atoms with Crippen molar-refractivity contribution in [3.63, 3.8) is 0 Å². The van der Waals surface area contributed by atoms with E-state index in [-0.39, 0.29) is 5.41 Å². The van der Waals surface area contributed by atoms with Crippen molar-refractivity contribution in [2.45, 2.75) is 31.7 Å². The van der Waals surface area contributed by atoms with Gasteiger partial charge in [-0.3, -0.25) is 4.99 Å². The average Bonchev–Trinajstić information content (AvgIpc) is 3.29. The number of ether oxygens (including phenoxy) is 3. The Morgan fingerprint density at radius 1 is 1.03 bits per heavy atom. The molecule has 174 valence electrons. The van der Waals surface area contributed by atoms with Gasteiger partial charge in [0.25, 0.3) is 0 Å². The minimum Gasteiger partial charge on any atom is -0.495 e. The number of benzene rings is 2. The van der Waals surface area contributed by atoms with E-state index in [4.69, 9.17) is 14.2 Å². The van der Waals surface area contributed by atoms with E-state index in [1.807, 2.05) is 31.3 Å². The molecule has 1 saturated heterocycles. The van der Waals surface area contributed by atoms with Crippen molar-refractivity contribution in [2.24, 2.45) is 4.99 Å². The molecule has 1 fully saturated rings. The highest BCUT2D eigenvalue weighted by molar-refractivity contribution is 5.80. The molecule has 2 aromatic rings. The number of anilines is 1. The molecule has 32 heavy (non-hydrogen) atoms. The number of nitrogens with one attached hydrogen (secondary N) is 2. The van der Waals surface area contributed by atoms with E-state index in [0.29, 0.717) is 6.04 Å². The van der Waals surface area contributed by atoms with E-state index in [1.165, 1.54) is 5.56 Å². The van der Waals surface area contributed by atoms with Gasteiger partial charge < -0.3 is 29.7 Å². The third-order valence-electron chi connectivity index (χ3n) is 6.04. The largest absolute Gasteiger partial charge is 0.495 e. The van der Waals surface area contributed by atoms with Crippen molar-refractivity contribution in [3.05, 3.63) is 48.0 Å². The Kier molecular flexibility index (Phi) is 7.72. The first-order valence-electron chi connectivity index (χ1n) is 11.0. The van der Waals surface area contributed by atoms with Crippen LogP contribution in [0.15, 0.2) is 47.5 Å². The Morgan fingerprint density at radius 2 is 1.75 bits per heavy atom. The molecule has 1 aliphatic heterocycles. The fourth-order valence-corrected chi connectivity index (χ4v) is 4.04. The Hall–Kier alpha value is -3.09. The van der Waals surface area contributed by atoms with E-state index < -0.39 is 0 Å². The van der Waals surface area contributed by atoms with Crippen molar-refractivity contribution in [2.75, 3.05) is 52.9 Å². The number of hydrogen-bond acceptors (Lipinski definition) is 5. The summed E-state index contributed by atoms with van der Waals surface area (Å²) in [6, 6.07) is 14.6. The van der Waals surface area contributed by atoms with Gasteiger partial charge in [0.2, 0.25) is 0 Å². The molecule has 2 aromatic carbocycles. The minimum absolute atomic E-state index is 0.129. The third kappa shape index (κ3) is 5.39. The van der Waals surface area contributed by atoms with E-state index in [0.717, 1.165) is 55.0 Å². The average molecular weight is 441 g/mol. The standard InChI is InChI=1S/C25H36N4O3/c1-25(2,18-11-12-22(31-5)23(15-18)32-6)17-27-24(26-3)28-19-13-14-29(16-19)20-9-7-8-10-21(20)30-4/h7-12,15,19H,13-14,16-17H2,1-6H3,(H2,26,27,28). The molecule has 7 nitrogen and oxygen atoms in total. The van der Waals surface area contributed by atoms with Crippen LogP contribution in [0.5, 0.6) is 17.2 Å². The second-order valence-electron chi connectivity index (χ2n) is 8.63. The van der Waals surface area contributed by atoms with Crippen molar-refractivity contribution >= 4 is 11.6 Å². The third-order valence-corrected chi connectivity index (χ3v) is 6.04. The molecule has 0 saturated carbocycles. The topological polar surface area (TPSA) is 67.4 Å². The number of para-hydroxylation sites is 2. The van der Waals surface area contributed by atoms with E-state index in [9.17, 15) is 0 Å². The molecule has 0 amide bonds. The molecular formula is C25H36N4O3. The van der Waals surface area contributed by atoms with Crippen molar-refractivity contribution in [1.82, 2.24) is 10.6 Å². The van der Waals surface area contributed by atoms with Crippen LogP contribution in [0.2, 0.25) is 0 Å². The summed E-state index contributed by atoms with van der Waals surface area (Å²) in [5, 5.41) is 7.08. The van der Waals surface area contributed by atoms with Gasteiger partial charge in [0, 0.05) is 38.1 Å². The Bertz CT molecular complexity index is 929. The molecular weight excluding hydrogens is 404 g/mol. The maximum absolute atomic E-state index is 5.53. The fraction of sp³-hybridized carbons (Fsp3) is 0.480. The molecule has 0 bridgehead atoms. The molecule has 1 unspecified atom stereocenters. The first-order chi connectivity index (χ1) is 15.4. The van der Waals surface area contributed by atoms with Gasteiger partial charge >= 0.3 is 0 Å². The van der Waals surface area contributed by atoms with E-state index in [2.05, 4.69) is 52.6 Å². The summed E-state index contributed by atoms with van der Waals surface area (Å²) in [5.74, 6) is 3.19. The van der Waals surface area contributed by atoms with Crippen LogP contribution in [0.4, 0.5) is 5.69 Å². The highest BCUT2D eigenvalue weighted by Gasteiger charge is 2.27. The van der Waals surface area contributed by atoms with Gasteiger partial charge in [-0.1, -0.05) is 32.0 Å². The number of rotatable bonds is 8. The zero-order valence-corrected chi connectivity index (χ0v) is 20.1. The first-order valence-corrected chi connectivity index (χ1v) is 11.0. The van der Waals surface area contributed by atoms with Gasteiger partial charge in [-0.15, -0.1) is 0 Å². The van der Waals surface area contributed by atoms with Gasteiger partial charge in [0.15, 0.2) is 17.5 Å². The number of aliphatic imine (C=N–C) groups is 1. The van der Waals surface area contributed by atoms with Gasteiger partial charge in [-0.05, 0) is 36.2 Å². The molecule has 3 rings (SSSR count). The van der Waals surface area contributed by atoms with Crippen LogP contribution in [-0.2, 0) is 5.41 Å². The summed E-state index contributed by atoms with van der Waals surface area (Å²) in [6.45, 7) is 7.01. The van der Waals surface area contributed by atoms with Crippen molar-refractivity contribution in [1.29, 1.82) is 0 Å². The summed E-state index contributed by atoms with van der Waals surface area (Å²) in [5.41, 5.74) is 2.18. The SMILES string of the molecule is CN=C(NCC(C)(C)c1ccc(OC)c(OC)c1)NC1CCN(c2ccccc2OC)C1. The molecule has 0 radical (unpaired) electrons. The normalized spacial score (nSPS) is 16.6. The van der Waals surface area contributed by atoms with Crippen molar-refractivity contribution < 1.29 is 14.2 Å². The lowest BCUT2D eigenvalue weighted by Crippen LogP contribution is -2.47. The second kappa shape index (κ2) is 10.5. The van der Waals surface area contributed by atoms with Crippen LogP contribution < -0.4 is 29.7 Å². The lowest BCUT2D eigenvalue weighted by atomic mass is 9.84. The molecule has 0 aliphatic carbocycles. The Labute approximate surface area is 191 Å². The molecule has 1 atom stereocenters. The van der Waals surface area contributed by atoms with Crippen LogP contribution in [0.1, 0.15) is 25.8 Å². The fourth-order valence-electron chi connectivity index (χ4n) is 4.04. The second-order valence-corrected chi connectivity index (χ2v) is 8.63. The van der Waals surface area contributed by atoms with Crippen LogP contribution in [0.3, 0.4) is 0 Å². The van der Waals surface area contributed by atoms with Gasteiger partial charge in [0.1, 0.15) is 5.75 Å². The summed E-state index contributed by atoms with van der Waals surface area (Å²) < 4.78 is 16.4. The summed E-state index contributed by atoms with van der Waals surface area (Å²) >= 11 is 0. The Balaban J connectivity index is 1.59. The molecule has 0 spiro atoms. The number of hydrogen-bond donors (Lipinski definition) is 2. The Morgan fingerprint density at radius 3 is 2.44 bits per heavy atom. The first kappa shape index (κ1) is 23.6. The zero-order valence-electron chi connectivity index (χ0n) is 20.1. The van der Waals surface area contributed by atoms with E-state index >= 15 is 0 Å². The van der Waals surface area contributed by atoms with Gasteiger partial charge in [-0.25, -0.2) is 0 Å². The molecule has 7 heteroatoms. The number of methoxy groups -OCH3 is 3. The number of guanidine groups is 1. The van der Waals surface area contributed by atoms with Crippen LogP contribution in [-0.4, -0.2) is 60.0 Å². The molecule has 0 aromatic heterocycles. The summed E-state index contributed by atoms with van der Waals surface area (Å²) in [7, 11) is 6.84. The molecule has 2 N–H and O–H groups in total.